The van der Waals surface area contributed by atoms with Gasteiger partial charge >= 0.3 is 0 Å². The van der Waals surface area contributed by atoms with Crippen molar-refractivity contribution in [1.82, 2.24) is 9.88 Å². The number of amides is 1. The van der Waals surface area contributed by atoms with Crippen LogP contribution in [-0.2, 0) is 9.53 Å². The highest BCUT2D eigenvalue weighted by atomic mass is 32.1. The number of thiazole rings is 1. The van der Waals surface area contributed by atoms with Crippen molar-refractivity contribution in [3.05, 3.63) is 24.3 Å². The Kier molecular flexibility index (Phi) is 6.04. The van der Waals surface area contributed by atoms with Gasteiger partial charge in [0.05, 0.1) is 22.9 Å². The second kappa shape index (κ2) is 8.25. The van der Waals surface area contributed by atoms with Gasteiger partial charge in [-0.1, -0.05) is 37.3 Å². The fraction of sp³-hybridized carbons (Fsp3) is 0.579. The Balaban J connectivity index is 1.50. The SMILES string of the molecule is CC(C)COC1CCN(CC(=O)N(C)c2nc3ccccc3s2)CC1. The zero-order valence-electron chi connectivity index (χ0n) is 15.3. The molecule has 0 N–H and O–H groups in total. The van der Waals surface area contributed by atoms with Crippen LogP contribution >= 0.6 is 11.3 Å². The normalized spacial score (nSPS) is 16.6. The van der Waals surface area contributed by atoms with Gasteiger partial charge in [-0.2, -0.15) is 0 Å². The van der Waals surface area contributed by atoms with Crippen molar-refractivity contribution >= 4 is 32.6 Å². The smallest absolute Gasteiger partial charge is 0.242 e. The molecule has 0 saturated carbocycles. The lowest BCUT2D eigenvalue weighted by molar-refractivity contribution is -0.120. The van der Waals surface area contributed by atoms with E-state index in [4.69, 9.17) is 4.74 Å². The largest absolute Gasteiger partial charge is 0.378 e. The van der Waals surface area contributed by atoms with Crippen LogP contribution in [0.15, 0.2) is 24.3 Å². The zero-order valence-corrected chi connectivity index (χ0v) is 16.1. The first kappa shape index (κ1) is 18.3. The summed E-state index contributed by atoms with van der Waals surface area (Å²) in [5.41, 5.74) is 0.949. The molecule has 2 aromatic rings. The number of hydrogen-bond acceptors (Lipinski definition) is 5. The van der Waals surface area contributed by atoms with Gasteiger partial charge in [0.25, 0.3) is 0 Å². The standard InChI is InChI=1S/C19H27N3O2S/c1-14(2)13-24-15-8-10-22(11-9-15)12-18(23)21(3)19-20-16-6-4-5-7-17(16)25-19/h4-7,14-15H,8-13H2,1-3H3. The number of aromatic nitrogens is 1. The number of para-hydroxylation sites is 1. The van der Waals surface area contributed by atoms with E-state index in [1.807, 2.05) is 31.3 Å². The third kappa shape index (κ3) is 4.77. The summed E-state index contributed by atoms with van der Waals surface area (Å²) in [6.45, 7) is 7.45. The van der Waals surface area contributed by atoms with Crippen molar-refractivity contribution < 1.29 is 9.53 Å². The van der Waals surface area contributed by atoms with Gasteiger partial charge in [0.1, 0.15) is 0 Å². The van der Waals surface area contributed by atoms with Crippen molar-refractivity contribution in [3.8, 4) is 0 Å². The molecule has 1 aromatic heterocycles. The Morgan fingerprint density at radius 3 is 2.76 bits per heavy atom. The molecule has 3 rings (SSSR count). The quantitative estimate of drug-likeness (QED) is 0.791. The first-order chi connectivity index (χ1) is 12.0. The summed E-state index contributed by atoms with van der Waals surface area (Å²) in [5, 5.41) is 0.765. The number of likely N-dealkylation sites (N-methyl/N-ethyl adjacent to an activating group) is 1. The van der Waals surface area contributed by atoms with E-state index in [9.17, 15) is 4.79 Å². The molecular weight excluding hydrogens is 334 g/mol. The molecule has 1 fully saturated rings. The van der Waals surface area contributed by atoms with Crippen molar-refractivity contribution in [3.63, 3.8) is 0 Å². The third-order valence-electron chi connectivity index (χ3n) is 4.50. The van der Waals surface area contributed by atoms with Crippen molar-refractivity contribution in [2.45, 2.75) is 32.8 Å². The van der Waals surface area contributed by atoms with E-state index in [0.29, 0.717) is 18.6 Å². The maximum absolute atomic E-state index is 12.6. The van der Waals surface area contributed by atoms with Crippen LogP contribution in [0.1, 0.15) is 26.7 Å². The van der Waals surface area contributed by atoms with E-state index < -0.39 is 0 Å². The van der Waals surface area contributed by atoms with E-state index in [0.717, 1.165) is 47.9 Å². The zero-order chi connectivity index (χ0) is 17.8. The minimum Gasteiger partial charge on any atom is -0.378 e. The fourth-order valence-electron chi connectivity index (χ4n) is 2.97. The maximum Gasteiger partial charge on any atom is 0.242 e. The molecule has 0 bridgehead atoms. The van der Waals surface area contributed by atoms with Gasteiger partial charge in [0.15, 0.2) is 5.13 Å². The minimum absolute atomic E-state index is 0.0978. The molecule has 1 aliphatic rings. The molecule has 1 amide bonds. The van der Waals surface area contributed by atoms with Crippen LogP contribution < -0.4 is 4.90 Å². The molecule has 6 heteroatoms. The topological polar surface area (TPSA) is 45.7 Å². The fourth-order valence-corrected chi connectivity index (χ4v) is 3.91. The number of hydrogen-bond donors (Lipinski definition) is 0. The summed E-state index contributed by atoms with van der Waals surface area (Å²) in [6.07, 6.45) is 2.35. The van der Waals surface area contributed by atoms with Crippen LogP contribution in [0.25, 0.3) is 10.2 Å². The molecular formula is C19H27N3O2S. The highest BCUT2D eigenvalue weighted by Crippen LogP contribution is 2.28. The number of ether oxygens (including phenoxy) is 1. The molecule has 1 saturated heterocycles. The average Bonchev–Trinajstić information content (AvgIpc) is 3.04. The van der Waals surface area contributed by atoms with Crippen LogP contribution in [0, 0.1) is 5.92 Å². The lowest BCUT2D eigenvalue weighted by Crippen LogP contribution is -2.43. The Morgan fingerprint density at radius 1 is 1.36 bits per heavy atom. The van der Waals surface area contributed by atoms with Crippen LogP contribution in [0.2, 0.25) is 0 Å². The first-order valence-corrected chi connectivity index (χ1v) is 9.80. The lowest BCUT2D eigenvalue weighted by Gasteiger charge is -2.32. The average molecular weight is 362 g/mol. The van der Waals surface area contributed by atoms with E-state index >= 15 is 0 Å². The Morgan fingerprint density at radius 2 is 2.08 bits per heavy atom. The monoisotopic (exact) mass is 361 g/mol. The molecule has 0 aliphatic carbocycles. The molecule has 25 heavy (non-hydrogen) atoms. The number of likely N-dealkylation sites (tertiary alicyclic amines) is 1. The van der Waals surface area contributed by atoms with Gasteiger partial charge in [-0.25, -0.2) is 4.98 Å². The van der Waals surface area contributed by atoms with Crippen LogP contribution in [0.4, 0.5) is 5.13 Å². The highest BCUT2D eigenvalue weighted by molar-refractivity contribution is 7.22. The summed E-state index contributed by atoms with van der Waals surface area (Å²) in [6, 6.07) is 7.99. The summed E-state index contributed by atoms with van der Waals surface area (Å²) < 4.78 is 7.03. The molecule has 0 radical (unpaired) electrons. The third-order valence-corrected chi connectivity index (χ3v) is 5.62. The van der Waals surface area contributed by atoms with E-state index in [1.54, 1.807) is 16.2 Å². The number of benzene rings is 1. The van der Waals surface area contributed by atoms with Gasteiger partial charge in [0.2, 0.25) is 5.91 Å². The Hall–Kier alpha value is -1.50. The number of piperidine rings is 1. The molecule has 1 aromatic carbocycles. The van der Waals surface area contributed by atoms with Gasteiger partial charge in [-0.05, 0) is 30.9 Å². The van der Waals surface area contributed by atoms with Crippen molar-refractivity contribution in [2.75, 3.05) is 38.2 Å². The maximum atomic E-state index is 12.6. The van der Waals surface area contributed by atoms with E-state index in [1.165, 1.54) is 0 Å². The molecule has 2 heterocycles. The van der Waals surface area contributed by atoms with Crippen molar-refractivity contribution in [1.29, 1.82) is 0 Å². The second-order valence-corrected chi connectivity index (χ2v) is 8.13. The molecule has 136 valence electrons. The minimum atomic E-state index is 0.0978. The summed E-state index contributed by atoms with van der Waals surface area (Å²) in [5.74, 6) is 0.669. The van der Waals surface area contributed by atoms with Gasteiger partial charge < -0.3 is 4.74 Å². The highest BCUT2D eigenvalue weighted by Gasteiger charge is 2.24. The molecule has 0 spiro atoms. The van der Waals surface area contributed by atoms with E-state index in [-0.39, 0.29) is 5.91 Å². The Bertz CT molecular complexity index is 675. The van der Waals surface area contributed by atoms with Gasteiger partial charge in [-0.3, -0.25) is 14.6 Å². The van der Waals surface area contributed by atoms with Crippen LogP contribution in [0.5, 0.6) is 0 Å². The molecule has 5 nitrogen and oxygen atoms in total. The predicted molar refractivity (Wildman–Crippen MR) is 103 cm³/mol. The van der Waals surface area contributed by atoms with Crippen LogP contribution in [0.3, 0.4) is 0 Å². The number of anilines is 1. The summed E-state index contributed by atoms with van der Waals surface area (Å²) >= 11 is 1.56. The summed E-state index contributed by atoms with van der Waals surface area (Å²) in [7, 11) is 1.82. The Labute approximate surface area is 153 Å². The lowest BCUT2D eigenvalue weighted by atomic mass is 10.1. The number of carbonyl (C=O) groups excluding carboxylic acids is 1. The number of fused-ring (bicyclic) bond motifs is 1. The van der Waals surface area contributed by atoms with Gasteiger partial charge in [0, 0.05) is 26.7 Å². The van der Waals surface area contributed by atoms with Crippen molar-refractivity contribution in [2.24, 2.45) is 5.92 Å². The molecule has 0 atom stereocenters. The number of rotatable bonds is 6. The number of nitrogens with zero attached hydrogens (tertiary/aromatic N) is 3. The first-order valence-electron chi connectivity index (χ1n) is 8.99. The molecule has 1 aliphatic heterocycles. The van der Waals surface area contributed by atoms with E-state index in [2.05, 4.69) is 23.7 Å². The second-order valence-electron chi connectivity index (χ2n) is 7.12. The molecule has 0 unspecified atom stereocenters. The number of carbonyl (C=O) groups is 1. The van der Waals surface area contributed by atoms with Crippen LogP contribution in [-0.4, -0.2) is 55.2 Å². The summed E-state index contributed by atoms with van der Waals surface area (Å²) in [4.78, 5) is 21.1. The van der Waals surface area contributed by atoms with Gasteiger partial charge in [-0.15, -0.1) is 0 Å². The predicted octanol–water partition coefficient (Wildman–Crippen LogP) is 3.40.